The maximum atomic E-state index is 5.64. The SMILES string of the molecule is CCNCC(C)Oc1cncc(Br)c1. The summed E-state index contributed by atoms with van der Waals surface area (Å²) in [5.74, 6) is 0.796. The van der Waals surface area contributed by atoms with Crippen molar-refractivity contribution in [2.24, 2.45) is 0 Å². The van der Waals surface area contributed by atoms with Crippen LogP contribution in [0.1, 0.15) is 13.8 Å². The maximum absolute atomic E-state index is 5.64. The quantitative estimate of drug-likeness (QED) is 0.880. The molecule has 1 rings (SSSR count). The van der Waals surface area contributed by atoms with E-state index in [0.29, 0.717) is 0 Å². The van der Waals surface area contributed by atoms with Gasteiger partial charge in [0.1, 0.15) is 11.9 Å². The van der Waals surface area contributed by atoms with Crippen molar-refractivity contribution in [2.75, 3.05) is 13.1 Å². The van der Waals surface area contributed by atoms with E-state index in [9.17, 15) is 0 Å². The van der Waals surface area contributed by atoms with E-state index in [2.05, 4.69) is 33.2 Å². The van der Waals surface area contributed by atoms with Gasteiger partial charge in [0.05, 0.1) is 6.20 Å². The highest BCUT2D eigenvalue weighted by Gasteiger charge is 2.03. The number of pyridine rings is 1. The van der Waals surface area contributed by atoms with Gasteiger partial charge in [-0.2, -0.15) is 0 Å². The zero-order valence-electron chi connectivity index (χ0n) is 8.46. The molecule has 4 heteroatoms. The molecular weight excluding hydrogens is 244 g/mol. The zero-order valence-corrected chi connectivity index (χ0v) is 10.0. The van der Waals surface area contributed by atoms with Gasteiger partial charge >= 0.3 is 0 Å². The minimum atomic E-state index is 0.158. The average Bonchev–Trinajstić information content (AvgIpc) is 2.15. The molecule has 0 fully saturated rings. The van der Waals surface area contributed by atoms with Crippen molar-refractivity contribution in [3.8, 4) is 5.75 Å². The van der Waals surface area contributed by atoms with Gasteiger partial charge in [0.15, 0.2) is 0 Å². The topological polar surface area (TPSA) is 34.1 Å². The molecule has 1 N–H and O–H groups in total. The molecule has 1 atom stereocenters. The van der Waals surface area contributed by atoms with Gasteiger partial charge in [0, 0.05) is 17.2 Å². The van der Waals surface area contributed by atoms with Gasteiger partial charge in [-0.25, -0.2) is 0 Å². The third-order valence-corrected chi connectivity index (χ3v) is 2.13. The predicted molar refractivity (Wildman–Crippen MR) is 60.6 cm³/mol. The zero-order chi connectivity index (χ0) is 10.4. The summed E-state index contributed by atoms with van der Waals surface area (Å²) in [5, 5.41) is 3.23. The number of nitrogens with one attached hydrogen (secondary N) is 1. The van der Waals surface area contributed by atoms with Crippen LogP contribution in [0, 0.1) is 0 Å². The van der Waals surface area contributed by atoms with E-state index >= 15 is 0 Å². The van der Waals surface area contributed by atoms with Gasteiger partial charge in [-0.1, -0.05) is 6.92 Å². The Labute approximate surface area is 93.0 Å². The summed E-state index contributed by atoms with van der Waals surface area (Å²) in [6, 6.07) is 1.91. The molecule has 0 spiro atoms. The molecule has 3 nitrogen and oxygen atoms in total. The Bertz CT molecular complexity index is 281. The lowest BCUT2D eigenvalue weighted by molar-refractivity contribution is 0.217. The van der Waals surface area contributed by atoms with Gasteiger partial charge < -0.3 is 10.1 Å². The molecule has 0 aromatic carbocycles. The number of likely N-dealkylation sites (N-methyl/N-ethyl adjacent to an activating group) is 1. The first-order valence-corrected chi connectivity index (χ1v) is 5.49. The summed E-state index contributed by atoms with van der Waals surface area (Å²) in [5.41, 5.74) is 0. The van der Waals surface area contributed by atoms with Gasteiger partial charge in [0.2, 0.25) is 0 Å². The summed E-state index contributed by atoms with van der Waals surface area (Å²) in [4.78, 5) is 4.03. The molecule has 0 aliphatic heterocycles. The molecule has 0 aliphatic rings. The molecule has 1 aromatic rings. The Kier molecular flexibility index (Phi) is 4.90. The number of hydrogen-bond acceptors (Lipinski definition) is 3. The minimum Gasteiger partial charge on any atom is -0.488 e. The maximum Gasteiger partial charge on any atom is 0.139 e. The Morgan fingerprint density at radius 3 is 3.00 bits per heavy atom. The smallest absolute Gasteiger partial charge is 0.139 e. The summed E-state index contributed by atoms with van der Waals surface area (Å²) in [7, 11) is 0. The van der Waals surface area contributed by atoms with E-state index in [1.165, 1.54) is 0 Å². The first-order chi connectivity index (χ1) is 6.72. The molecule has 0 bridgehead atoms. The first-order valence-electron chi connectivity index (χ1n) is 4.70. The lowest BCUT2D eigenvalue weighted by atomic mass is 10.4. The van der Waals surface area contributed by atoms with Crippen LogP contribution in [-0.4, -0.2) is 24.2 Å². The second-order valence-electron chi connectivity index (χ2n) is 3.08. The monoisotopic (exact) mass is 258 g/mol. The first kappa shape index (κ1) is 11.5. The van der Waals surface area contributed by atoms with E-state index in [0.717, 1.165) is 23.3 Å². The van der Waals surface area contributed by atoms with Crippen LogP contribution in [-0.2, 0) is 0 Å². The summed E-state index contributed by atoms with van der Waals surface area (Å²) < 4.78 is 6.58. The van der Waals surface area contributed by atoms with Crippen molar-refractivity contribution in [1.82, 2.24) is 10.3 Å². The van der Waals surface area contributed by atoms with Crippen molar-refractivity contribution in [3.63, 3.8) is 0 Å². The second-order valence-corrected chi connectivity index (χ2v) is 3.99. The number of rotatable bonds is 5. The number of halogens is 1. The van der Waals surface area contributed by atoms with Crippen molar-refractivity contribution >= 4 is 15.9 Å². The molecule has 0 amide bonds. The Morgan fingerprint density at radius 1 is 1.57 bits per heavy atom. The minimum absolute atomic E-state index is 0.158. The van der Waals surface area contributed by atoms with Crippen LogP contribution >= 0.6 is 15.9 Å². The van der Waals surface area contributed by atoms with Crippen LogP contribution in [0.4, 0.5) is 0 Å². The number of aromatic nitrogens is 1. The van der Waals surface area contributed by atoms with E-state index in [1.807, 2.05) is 13.0 Å². The largest absolute Gasteiger partial charge is 0.488 e. The molecule has 0 saturated heterocycles. The molecule has 78 valence electrons. The van der Waals surface area contributed by atoms with Crippen molar-refractivity contribution < 1.29 is 4.74 Å². The highest BCUT2D eigenvalue weighted by Crippen LogP contribution is 2.16. The Morgan fingerprint density at radius 2 is 2.36 bits per heavy atom. The molecular formula is C10H15BrN2O. The van der Waals surface area contributed by atoms with Crippen molar-refractivity contribution in [3.05, 3.63) is 22.9 Å². The highest BCUT2D eigenvalue weighted by molar-refractivity contribution is 9.10. The summed E-state index contributed by atoms with van der Waals surface area (Å²) >= 11 is 3.35. The molecule has 0 saturated carbocycles. The van der Waals surface area contributed by atoms with E-state index < -0.39 is 0 Å². The van der Waals surface area contributed by atoms with Crippen LogP contribution in [0.25, 0.3) is 0 Å². The summed E-state index contributed by atoms with van der Waals surface area (Å²) in [6.45, 7) is 5.92. The molecule has 1 aromatic heterocycles. The standard InChI is InChI=1S/C10H15BrN2O/c1-3-12-5-8(2)14-10-4-9(11)6-13-7-10/h4,6-8,12H,3,5H2,1-2H3. The normalized spacial score (nSPS) is 12.5. The third-order valence-electron chi connectivity index (χ3n) is 1.70. The van der Waals surface area contributed by atoms with Crippen LogP contribution in [0.2, 0.25) is 0 Å². The highest BCUT2D eigenvalue weighted by atomic mass is 79.9. The number of hydrogen-bond donors (Lipinski definition) is 1. The van der Waals surface area contributed by atoms with Gasteiger partial charge in [-0.3, -0.25) is 4.98 Å². The van der Waals surface area contributed by atoms with E-state index in [4.69, 9.17) is 4.74 Å². The lowest BCUT2D eigenvalue weighted by Crippen LogP contribution is -2.28. The van der Waals surface area contributed by atoms with Crippen LogP contribution in [0.15, 0.2) is 22.9 Å². The fourth-order valence-electron chi connectivity index (χ4n) is 1.08. The average molecular weight is 259 g/mol. The van der Waals surface area contributed by atoms with E-state index in [-0.39, 0.29) is 6.10 Å². The lowest BCUT2D eigenvalue weighted by Gasteiger charge is -2.14. The molecule has 0 radical (unpaired) electrons. The second kappa shape index (κ2) is 5.98. The molecule has 1 unspecified atom stereocenters. The van der Waals surface area contributed by atoms with Gasteiger partial charge in [-0.05, 0) is 35.5 Å². The fraction of sp³-hybridized carbons (Fsp3) is 0.500. The molecule has 1 heterocycles. The van der Waals surface area contributed by atoms with Crippen LogP contribution in [0.5, 0.6) is 5.75 Å². The molecule has 14 heavy (non-hydrogen) atoms. The van der Waals surface area contributed by atoms with Crippen molar-refractivity contribution in [1.29, 1.82) is 0 Å². The van der Waals surface area contributed by atoms with Crippen LogP contribution < -0.4 is 10.1 Å². The van der Waals surface area contributed by atoms with Crippen LogP contribution in [0.3, 0.4) is 0 Å². The predicted octanol–water partition coefficient (Wildman–Crippen LogP) is 2.22. The van der Waals surface area contributed by atoms with Gasteiger partial charge in [-0.15, -0.1) is 0 Å². The Hall–Kier alpha value is -0.610. The molecule has 0 aliphatic carbocycles. The van der Waals surface area contributed by atoms with Gasteiger partial charge in [0.25, 0.3) is 0 Å². The fourth-order valence-corrected chi connectivity index (χ4v) is 1.42. The number of nitrogens with zero attached hydrogens (tertiary/aromatic N) is 1. The van der Waals surface area contributed by atoms with Crippen molar-refractivity contribution in [2.45, 2.75) is 20.0 Å². The Balaban J connectivity index is 2.43. The summed E-state index contributed by atoms with van der Waals surface area (Å²) in [6.07, 6.45) is 3.61. The van der Waals surface area contributed by atoms with E-state index in [1.54, 1.807) is 12.4 Å². The number of ether oxygens (including phenoxy) is 1. The third kappa shape index (κ3) is 4.07.